The minimum atomic E-state index is -1.33. The summed E-state index contributed by atoms with van der Waals surface area (Å²) in [5.74, 6) is -3.42. The third-order valence-corrected chi connectivity index (χ3v) is 1.42. The van der Waals surface area contributed by atoms with Gasteiger partial charge in [-0.25, -0.2) is 4.79 Å². The fraction of sp³-hybridized carbons (Fsp3) is 0.625. The predicted molar refractivity (Wildman–Crippen MR) is 50.3 cm³/mol. The molecular weight excluding hydrogens is 199 g/mol. The normalized spacial score (nSPS) is 11.0. The Kier molecular flexibility index (Phi) is 9.13. The van der Waals surface area contributed by atoms with Gasteiger partial charge in [0.15, 0.2) is 0 Å². The van der Waals surface area contributed by atoms with Crippen molar-refractivity contribution in [2.45, 2.75) is 32.8 Å². The molecule has 0 aliphatic rings. The number of Topliss-reactive ketones (excluding diaryl/α,β-unsaturated/α-hetero) is 1. The number of carboxylic acids is 1. The molecule has 5 nitrogen and oxygen atoms in total. The number of ether oxygens (including phenoxy) is 1. The molecule has 0 saturated carbocycles. The molecule has 0 aliphatic heterocycles. The second-order valence-electron chi connectivity index (χ2n) is 2.62. The molecule has 6 heteroatoms. The number of carbonyl (C=O) groups is 3. The Morgan fingerprint density at radius 2 is 1.86 bits per heavy atom. The van der Waals surface area contributed by atoms with Crippen LogP contribution in [-0.2, 0) is 19.1 Å². The SMILES string of the molecule is CCC(C)OC(=O)C(=O)CC(=O)O.[NaH]. The number of ketones is 1. The van der Waals surface area contributed by atoms with Crippen LogP contribution in [0.1, 0.15) is 26.7 Å². The van der Waals surface area contributed by atoms with E-state index in [-0.39, 0.29) is 35.7 Å². The van der Waals surface area contributed by atoms with Gasteiger partial charge in [-0.15, -0.1) is 0 Å². The first-order valence-corrected chi connectivity index (χ1v) is 3.93. The zero-order valence-electron chi connectivity index (χ0n) is 7.57. The topological polar surface area (TPSA) is 80.7 Å². The third-order valence-electron chi connectivity index (χ3n) is 1.42. The van der Waals surface area contributed by atoms with Gasteiger partial charge in [0.1, 0.15) is 6.42 Å². The Bertz CT molecular complexity index is 226. The van der Waals surface area contributed by atoms with Crippen molar-refractivity contribution >= 4 is 47.3 Å². The average molecular weight is 212 g/mol. The molecule has 0 aromatic rings. The summed E-state index contributed by atoms with van der Waals surface area (Å²) >= 11 is 0. The van der Waals surface area contributed by atoms with E-state index in [9.17, 15) is 14.4 Å². The van der Waals surface area contributed by atoms with E-state index in [0.717, 1.165) is 0 Å². The average Bonchev–Trinajstić information content (AvgIpc) is 2.02. The van der Waals surface area contributed by atoms with Gasteiger partial charge in [-0.2, -0.15) is 0 Å². The molecule has 0 radical (unpaired) electrons. The predicted octanol–water partition coefficient (Wildman–Crippen LogP) is -0.277. The number of esters is 1. The van der Waals surface area contributed by atoms with Crippen molar-refractivity contribution in [3.8, 4) is 0 Å². The van der Waals surface area contributed by atoms with Crippen LogP contribution in [0.4, 0.5) is 0 Å². The number of aliphatic carboxylic acids is 1. The summed E-state index contributed by atoms with van der Waals surface area (Å²) < 4.78 is 4.61. The summed E-state index contributed by atoms with van der Waals surface area (Å²) in [6.07, 6.45) is -0.577. The van der Waals surface area contributed by atoms with Gasteiger partial charge in [0, 0.05) is 0 Å². The van der Waals surface area contributed by atoms with Crippen LogP contribution >= 0.6 is 0 Å². The van der Waals surface area contributed by atoms with E-state index in [1.807, 2.05) is 0 Å². The molecular formula is C8H13NaO5. The van der Waals surface area contributed by atoms with Crippen LogP contribution < -0.4 is 0 Å². The van der Waals surface area contributed by atoms with Crippen molar-refractivity contribution in [2.75, 3.05) is 0 Å². The number of rotatable bonds is 5. The fourth-order valence-electron chi connectivity index (χ4n) is 0.541. The van der Waals surface area contributed by atoms with Crippen molar-refractivity contribution in [3.05, 3.63) is 0 Å². The van der Waals surface area contributed by atoms with Crippen LogP contribution in [0, 0.1) is 0 Å². The molecule has 0 aromatic carbocycles. The maximum atomic E-state index is 10.8. The molecule has 0 rings (SSSR count). The number of hydrogen-bond donors (Lipinski definition) is 1. The molecule has 14 heavy (non-hydrogen) atoms. The molecule has 1 atom stereocenters. The number of hydrogen-bond acceptors (Lipinski definition) is 4. The van der Waals surface area contributed by atoms with E-state index in [4.69, 9.17) is 5.11 Å². The van der Waals surface area contributed by atoms with Gasteiger partial charge in [-0.05, 0) is 13.3 Å². The van der Waals surface area contributed by atoms with Crippen LogP contribution in [0.5, 0.6) is 0 Å². The van der Waals surface area contributed by atoms with Crippen LogP contribution in [0.3, 0.4) is 0 Å². The summed E-state index contributed by atoms with van der Waals surface area (Å²) in [4.78, 5) is 31.6. The van der Waals surface area contributed by atoms with Gasteiger partial charge in [-0.1, -0.05) is 6.92 Å². The van der Waals surface area contributed by atoms with E-state index in [1.54, 1.807) is 13.8 Å². The Labute approximate surface area is 104 Å². The fourth-order valence-corrected chi connectivity index (χ4v) is 0.541. The van der Waals surface area contributed by atoms with Crippen molar-refractivity contribution in [1.29, 1.82) is 0 Å². The Morgan fingerprint density at radius 1 is 1.36 bits per heavy atom. The zero-order chi connectivity index (χ0) is 10.4. The molecule has 0 spiro atoms. The van der Waals surface area contributed by atoms with Crippen molar-refractivity contribution in [1.82, 2.24) is 0 Å². The molecule has 0 heterocycles. The molecule has 0 aliphatic carbocycles. The Morgan fingerprint density at radius 3 is 2.21 bits per heavy atom. The summed E-state index contributed by atoms with van der Waals surface area (Å²) in [6, 6.07) is 0. The molecule has 1 N–H and O–H groups in total. The first-order chi connectivity index (χ1) is 5.97. The van der Waals surface area contributed by atoms with Gasteiger partial charge in [0.25, 0.3) is 5.78 Å². The van der Waals surface area contributed by atoms with Crippen LogP contribution in [0.15, 0.2) is 0 Å². The first kappa shape index (κ1) is 16.1. The van der Waals surface area contributed by atoms with Gasteiger partial charge in [-0.3, -0.25) is 9.59 Å². The summed E-state index contributed by atoms with van der Waals surface area (Å²) in [5, 5.41) is 8.20. The maximum absolute atomic E-state index is 10.8. The molecule has 76 valence electrons. The molecule has 0 bridgehead atoms. The summed E-state index contributed by atoms with van der Waals surface area (Å²) in [7, 11) is 0. The first-order valence-electron chi connectivity index (χ1n) is 3.93. The van der Waals surface area contributed by atoms with Crippen molar-refractivity contribution in [2.24, 2.45) is 0 Å². The van der Waals surface area contributed by atoms with E-state index in [1.165, 1.54) is 0 Å². The molecule has 1 unspecified atom stereocenters. The van der Waals surface area contributed by atoms with Crippen LogP contribution in [0.25, 0.3) is 0 Å². The van der Waals surface area contributed by atoms with Crippen molar-refractivity contribution in [3.63, 3.8) is 0 Å². The second-order valence-corrected chi connectivity index (χ2v) is 2.62. The van der Waals surface area contributed by atoms with E-state index in [0.29, 0.717) is 6.42 Å². The standard InChI is InChI=1S/C8H12O5.Na.H/c1-3-5(2)13-8(12)6(9)4-7(10)11;;/h5H,3-4H2,1-2H3,(H,10,11);;. The van der Waals surface area contributed by atoms with Gasteiger partial charge in [0.05, 0.1) is 6.10 Å². The quantitative estimate of drug-likeness (QED) is 0.293. The summed E-state index contributed by atoms with van der Waals surface area (Å²) in [5.41, 5.74) is 0. The second kappa shape index (κ2) is 7.96. The number of carbonyl (C=O) groups excluding carboxylic acids is 2. The van der Waals surface area contributed by atoms with Gasteiger partial charge in [0.2, 0.25) is 0 Å². The Hall–Kier alpha value is -0.390. The van der Waals surface area contributed by atoms with E-state index in [2.05, 4.69) is 4.74 Å². The van der Waals surface area contributed by atoms with Crippen LogP contribution in [-0.4, -0.2) is 58.5 Å². The molecule has 0 aromatic heterocycles. The minimum absolute atomic E-state index is 0. The van der Waals surface area contributed by atoms with Gasteiger partial charge >= 0.3 is 41.5 Å². The molecule has 0 saturated heterocycles. The third kappa shape index (κ3) is 7.06. The molecule has 0 fully saturated rings. The van der Waals surface area contributed by atoms with Crippen molar-refractivity contribution < 1.29 is 24.2 Å². The molecule has 0 amide bonds. The summed E-state index contributed by atoms with van der Waals surface area (Å²) in [6.45, 7) is 3.42. The van der Waals surface area contributed by atoms with Gasteiger partial charge < -0.3 is 9.84 Å². The van der Waals surface area contributed by atoms with E-state index >= 15 is 0 Å². The zero-order valence-corrected chi connectivity index (χ0v) is 7.57. The van der Waals surface area contributed by atoms with E-state index < -0.39 is 24.1 Å². The Balaban J connectivity index is 0. The number of carboxylic acid groups (broad SMARTS) is 1. The van der Waals surface area contributed by atoms with Crippen LogP contribution in [0.2, 0.25) is 0 Å². The monoisotopic (exact) mass is 212 g/mol.